The van der Waals surface area contributed by atoms with Gasteiger partial charge in [0.25, 0.3) is 0 Å². The van der Waals surface area contributed by atoms with Gasteiger partial charge in [-0.3, -0.25) is 19.8 Å². The third-order valence-electron chi connectivity index (χ3n) is 3.45. The predicted molar refractivity (Wildman–Crippen MR) is 98.0 cm³/mol. The van der Waals surface area contributed by atoms with Gasteiger partial charge >= 0.3 is 6.09 Å². The number of rotatable bonds is 8. The van der Waals surface area contributed by atoms with E-state index in [0.29, 0.717) is 6.54 Å². The third-order valence-corrected chi connectivity index (χ3v) is 3.97. The van der Waals surface area contributed by atoms with Crippen LogP contribution in [0.3, 0.4) is 0 Å². The number of imide groups is 1. The standard InChI is InChI=1S/C17H24BrN3O4/c1-4-21(11-16(23)20-17(24)25-5-2)10-15(22)19-12(3)13-6-8-14(18)9-7-13/h6-9,12H,4-5,10-11H2,1-3H3,(H,19,22)(H,20,23,24)/t12-/m0/s1. The molecule has 0 spiro atoms. The summed E-state index contributed by atoms with van der Waals surface area (Å²) >= 11 is 3.37. The Balaban J connectivity index is 2.48. The van der Waals surface area contributed by atoms with Crippen LogP contribution in [0, 0.1) is 0 Å². The molecule has 7 nitrogen and oxygen atoms in total. The van der Waals surface area contributed by atoms with Crippen LogP contribution >= 0.6 is 15.9 Å². The van der Waals surface area contributed by atoms with E-state index in [0.717, 1.165) is 10.0 Å². The van der Waals surface area contributed by atoms with Gasteiger partial charge in [0.1, 0.15) is 0 Å². The number of nitrogens with zero attached hydrogens (tertiary/aromatic N) is 1. The van der Waals surface area contributed by atoms with Crippen molar-refractivity contribution >= 4 is 33.8 Å². The highest BCUT2D eigenvalue weighted by Crippen LogP contribution is 2.16. The lowest BCUT2D eigenvalue weighted by molar-refractivity contribution is -0.125. The van der Waals surface area contributed by atoms with Crippen LogP contribution in [-0.4, -0.2) is 49.0 Å². The van der Waals surface area contributed by atoms with Crippen LogP contribution < -0.4 is 10.6 Å². The second-order valence-corrected chi connectivity index (χ2v) is 6.33. The molecule has 25 heavy (non-hydrogen) atoms. The van der Waals surface area contributed by atoms with E-state index in [1.54, 1.807) is 11.8 Å². The van der Waals surface area contributed by atoms with Gasteiger partial charge in [-0.15, -0.1) is 0 Å². The fraction of sp³-hybridized carbons (Fsp3) is 0.471. The molecule has 3 amide bonds. The number of halogens is 1. The van der Waals surface area contributed by atoms with Gasteiger partial charge in [0.2, 0.25) is 11.8 Å². The molecule has 0 aliphatic carbocycles. The van der Waals surface area contributed by atoms with Gasteiger partial charge in [0.15, 0.2) is 0 Å². The van der Waals surface area contributed by atoms with E-state index in [-0.39, 0.29) is 31.6 Å². The highest BCUT2D eigenvalue weighted by Gasteiger charge is 2.17. The number of nitrogens with one attached hydrogen (secondary N) is 2. The minimum atomic E-state index is -0.781. The molecule has 0 bridgehead atoms. The van der Waals surface area contributed by atoms with E-state index in [9.17, 15) is 14.4 Å². The first-order valence-electron chi connectivity index (χ1n) is 8.09. The molecule has 0 fully saturated rings. The maximum absolute atomic E-state index is 12.2. The van der Waals surface area contributed by atoms with E-state index in [1.807, 2.05) is 38.1 Å². The van der Waals surface area contributed by atoms with Crippen molar-refractivity contribution in [2.45, 2.75) is 26.8 Å². The van der Waals surface area contributed by atoms with Gasteiger partial charge in [0, 0.05) is 4.47 Å². The Hall–Kier alpha value is -1.93. The van der Waals surface area contributed by atoms with Gasteiger partial charge in [-0.1, -0.05) is 35.0 Å². The second kappa shape index (κ2) is 10.8. The number of carbonyl (C=O) groups excluding carboxylic acids is 3. The first kappa shape index (κ1) is 21.1. The zero-order valence-corrected chi connectivity index (χ0v) is 16.3. The molecule has 0 saturated carbocycles. The molecule has 0 aliphatic heterocycles. The Morgan fingerprint density at radius 2 is 1.72 bits per heavy atom. The molecule has 0 unspecified atom stereocenters. The number of amides is 3. The summed E-state index contributed by atoms with van der Waals surface area (Å²) in [6.45, 7) is 6.07. The number of alkyl carbamates (subject to hydrolysis) is 1. The molecule has 0 saturated heterocycles. The largest absolute Gasteiger partial charge is 0.450 e. The number of benzene rings is 1. The second-order valence-electron chi connectivity index (χ2n) is 5.41. The van der Waals surface area contributed by atoms with Crippen LogP contribution in [0.25, 0.3) is 0 Å². The topological polar surface area (TPSA) is 87.7 Å². The van der Waals surface area contributed by atoms with Crippen LogP contribution in [0.1, 0.15) is 32.4 Å². The summed E-state index contributed by atoms with van der Waals surface area (Å²) in [5.41, 5.74) is 0.986. The van der Waals surface area contributed by atoms with Crippen molar-refractivity contribution in [1.82, 2.24) is 15.5 Å². The molecule has 8 heteroatoms. The van der Waals surface area contributed by atoms with Crippen molar-refractivity contribution in [2.24, 2.45) is 0 Å². The van der Waals surface area contributed by atoms with E-state index in [4.69, 9.17) is 0 Å². The van der Waals surface area contributed by atoms with Gasteiger partial charge in [0.05, 0.1) is 25.7 Å². The van der Waals surface area contributed by atoms with E-state index >= 15 is 0 Å². The number of likely N-dealkylation sites (N-methyl/N-ethyl adjacent to an activating group) is 1. The number of ether oxygens (including phenoxy) is 1. The molecular formula is C17H24BrN3O4. The maximum atomic E-state index is 12.2. The first-order valence-corrected chi connectivity index (χ1v) is 8.88. The number of carbonyl (C=O) groups is 3. The molecule has 2 N–H and O–H groups in total. The molecule has 0 radical (unpaired) electrons. The van der Waals surface area contributed by atoms with Crippen molar-refractivity contribution in [2.75, 3.05) is 26.2 Å². The average molecular weight is 414 g/mol. The fourth-order valence-electron chi connectivity index (χ4n) is 2.13. The van der Waals surface area contributed by atoms with Crippen molar-refractivity contribution in [3.63, 3.8) is 0 Å². The van der Waals surface area contributed by atoms with Gasteiger partial charge < -0.3 is 10.1 Å². The van der Waals surface area contributed by atoms with Gasteiger partial charge in [-0.05, 0) is 38.1 Å². The SMILES string of the molecule is CCOC(=O)NC(=O)CN(CC)CC(=O)N[C@@H](C)c1ccc(Br)cc1. The summed E-state index contributed by atoms with van der Waals surface area (Å²) in [6, 6.07) is 7.54. The average Bonchev–Trinajstić information content (AvgIpc) is 2.54. The predicted octanol–water partition coefficient (Wildman–Crippen LogP) is 2.22. The molecule has 0 aliphatic rings. The Morgan fingerprint density at radius 3 is 2.28 bits per heavy atom. The summed E-state index contributed by atoms with van der Waals surface area (Å²) in [7, 11) is 0. The minimum absolute atomic E-state index is 0.0601. The van der Waals surface area contributed by atoms with Crippen molar-refractivity contribution < 1.29 is 19.1 Å². The number of hydrogen-bond acceptors (Lipinski definition) is 5. The highest BCUT2D eigenvalue weighted by molar-refractivity contribution is 9.10. The van der Waals surface area contributed by atoms with Crippen LogP contribution in [0.5, 0.6) is 0 Å². The van der Waals surface area contributed by atoms with E-state index in [2.05, 4.69) is 31.3 Å². The first-order chi connectivity index (χ1) is 11.8. The Morgan fingerprint density at radius 1 is 1.12 bits per heavy atom. The molecule has 0 aromatic heterocycles. The zero-order valence-electron chi connectivity index (χ0n) is 14.7. The van der Waals surface area contributed by atoms with Gasteiger partial charge in [-0.25, -0.2) is 4.79 Å². The van der Waals surface area contributed by atoms with Crippen molar-refractivity contribution in [3.8, 4) is 0 Å². The summed E-state index contributed by atoms with van der Waals surface area (Å²) in [5.74, 6) is -0.699. The summed E-state index contributed by atoms with van der Waals surface area (Å²) in [5, 5.41) is 5.01. The van der Waals surface area contributed by atoms with Crippen LogP contribution in [0.15, 0.2) is 28.7 Å². The normalized spacial score (nSPS) is 11.7. The Kier molecular flexibility index (Phi) is 9.15. The molecule has 1 atom stereocenters. The quantitative estimate of drug-likeness (QED) is 0.681. The lowest BCUT2D eigenvalue weighted by Crippen LogP contribution is -2.44. The molecule has 1 aromatic carbocycles. The Bertz CT molecular complexity index is 592. The van der Waals surface area contributed by atoms with E-state index < -0.39 is 12.0 Å². The number of hydrogen-bond donors (Lipinski definition) is 2. The lowest BCUT2D eigenvalue weighted by atomic mass is 10.1. The molecule has 1 aromatic rings. The maximum Gasteiger partial charge on any atom is 0.413 e. The zero-order chi connectivity index (χ0) is 18.8. The van der Waals surface area contributed by atoms with Crippen molar-refractivity contribution in [1.29, 1.82) is 0 Å². The van der Waals surface area contributed by atoms with E-state index in [1.165, 1.54) is 0 Å². The molecule has 0 heterocycles. The molecular weight excluding hydrogens is 390 g/mol. The van der Waals surface area contributed by atoms with Crippen LogP contribution in [-0.2, 0) is 14.3 Å². The summed E-state index contributed by atoms with van der Waals surface area (Å²) in [4.78, 5) is 36.8. The van der Waals surface area contributed by atoms with Crippen LogP contribution in [0.4, 0.5) is 4.79 Å². The van der Waals surface area contributed by atoms with Crippen LogP contribution in [0.2, 0.25) is 0 Å². The smallest absolute Gasteiger partial charge is 0.413 e. The summed E-state index contributed by atoms with van der Waals surface area (Å²) < 4.78 is 5.62. The van der Waals surface area contributed by atoms with Gasteiger partial charge in [-0.2, -0.15) is 0 Å². The molecule has 1 rings (SSSR count). The third kappa shape index (κ3) is 8.13. The Labute approximate surface area is 156 Å². The lowest BCUT2D eigenvalue weighted by Gasteiger charge is -2.21. The highest BCUT2D eigenvalue weighted by atomic mass is 79.9. The molecule has 138 valence electrons. The monoisotopic (exact) mass is 413 g/mol. The fourth-order valence-corrected chi connectivity index (χ4v) is 2.39. The summed E-state index contributed by atoms with van der Waals surface area (Å²) in [6.07, 6.45) is -0.781. The minimum Gasteiger partial charge on any atom is -0.450 e. The van der Waals surface area contributed by atoms with Crippen molar-refractivity contribution in [3.05, 3.63) is 34.3 Å².